The number of rotatable bonds is 7. The van der Waals surface area contributed by atoms with Crippen molar-refractivity contribution in [3.05, 3.63) is 70.3 Å². The van der Waals surface area contributed by atoms with Crippen molar-refractivity contribution in [1.29, 1.82) is 0 Å². The highest BCUT2D eigenvalue weighted by molar-refractivity contribution is 5.85. The molecule has 3 rings (SSSR count). The van der Waals surface area contributed by atoms with E-state index in [1.54, 1.807) is 43.3 Å². The van der Waals surface area contributed by atoms with Crippen LogP contribution in [0.4, 0.5) is 4.39 Å². The minimum atomic E-state index is -0.420. The second-order valence-electron chi connectivity index (χ2n) is 6.38. The maximum atomic E-state index is 12.9. The number of amides is 2. The number of hydrogen-bond donors (Lipinski definition) is 1. The molecule has 0 fully saturated rings. The highest BCUT2D eigenvalue weighted by Crippen LogP contribution is 2.04. The fourth-order valence-electron chi connectivity index (χ4n) is 2.76. The Morgan fingerprint density at radius 2 is 1.86 bits per heavy atom. The van der Waals surface area contributed by atoms with E-state index in [1.165, 1.54) is 17.0 Å². The Balaban J connectivity index is 1.61. The Morgan fingerprint density at radius 3 is 2.59 bits per heavy atom. The molecule has 8 nitrogen and oxygen atoms in total. The van der Waals surface area contributed by atoms with Gasteiger partial charge in [0.25, 0.3) is 5.56 Å². The lowest BCUT2D eigenvalue weighted by atomic mass is 10.2. The van der Waals surface area contributed by atoms with E-state index in [0.29, 0.717) is 17.4 Å². The number of likely N-dealkylation sites (N-methyl/N-ethyl adjacent to an activating group) is 1. The van der Waals surface area contributed by atoms with Gasteiger partial charge in [-0.15, -0.1) is 5.10 Å². The molecule has 0 aliphatic rings. The molecule has 29 heavy (non-hydrogen) atoms. The Morgan fingerprint density at radius 1 is 1.14 bits per heavy atom. The Bertz CT molecular complexity index is 1080. The van der Waals surface area contributed by atoms with E-state index >= 15 is 0 Å². The number of carbonyl (C=O) groups excluding carboxylic acids is 2. The monoisotopic (exact) mass is 397 g/mol. The lowest BCUT2D eigenvalue weighted by Gasteiger charge is -2.20. The molecule has 0 radical (unpaired) electrons. The first kappa shape index (κ1) is 20.1. The topological polar surface area (TPSA) is 97.2 Å². The highest BCUT2D eigenvalue weighted by Gasteiger charge is 2.18. The maximum absolute atomic E-state index is 12.9. The third-order valence-electron chi connectivity index (χ3n) is 4.39. The summed E-state index contributed by atoms with van der Waals surface area (Å²) in [4.78, 5) is 38.5. The number of carbonyl (C=O) groups is 2. The number of nitrogens with one attached hydrogen (secondary N) is 1. The summed E-state index contributed by atoms with van der Waals surface area (Å²) in [5.41, 5.74) is 0.779. The smallest absolute Gasteiger partial charge is 0.278 e. The van der Waals surface area contributed by atoms with Crippen molar-refractivity contribution < 1.29 is 14.0 Å². The lowest BCUT2D eigenvalue weighted by Crippen LogP contribution is -2.43. The molecule has 150 valence electrons. The van der Waals surface area contributed by atoms with Crippen LogP contribution in [0.1, 0.15) is 12.5 Å². The normalized spacial score (nSPS) is 10.7. The van der Waals surface area contributed by atoms with E-state index in [9.17, 15) is 18.8 Å². The first-order chi connectivity index (χ1) is 14.0. The van der Waals surface area contributed by atoms with Gasteiger partial charge in [-0.3, -0.25) is 14.4 Å². The number of nitrogens with zero attached hydrogens (tertiary/aromatic N) is 4. The second-order valence-corrected chi connectivity index (χ2v) is 6.38. The van der Waals surface area contributed by atoms with E-state index in [0.717, 1.165) is 10.2 Å². The van der Waals surface area contributed by atoms with Crippen LogP contribution in [-0.4, -0.2) is 44.8 Å². The van der Waals surface area contributed by atoms with Crippen LogP contribution in [0.2, 0.25) is 0 Å². The minimum Gasteiger partial charge on any atom is -0.350 e. The van der Waals surface area contributed by atoms with Gasteiger partial charge in [-0.1, -0.05) is 29.5 Å². The summed E-state index contributed by atoms with van der Waals surface area (Å²) in [7, 11) is 0. The van der Waals surface area contributed by atoms with Gasteiger partial charge in [-0.2, -0.15) is 0 Å². The predicted octanol–water partition coefficient (Wildman–Crippen LogP) is 1.10. The molecular weight excluding hydrogens is 377 g/mol. The van der Waals surface area contributed by atoms with Gasteiger partial charge in [0, 0.05) is 13.1 Å². The average Bonchev–Trinajstić information content (AvgIpc) is 2.73. The molecule has 1 heterocycles. The number of fused-ring (bicyclic) bond motifs is 1. The molecule has 0 aliphatic heterocycles. The third-order valence-corrected chi connectivity index (χ3v) is 4.39. The van der Waals surface area contributed by atoms with Crippen LogP contribution < -0.4 is 10.9 Å². The number of aromatic nitrogens is 3. The molecule has 3 aromatic rings. The summed E-state index contributed by atoms with van der Waals surface area (Å²) in [6.07, 6.45) is 0. The summed E-state index contributed by atoms with van der Waals surface area (Å²) in [5.74, 6) is -1.13. The van der Waals surface area contributed by atoms with Gasteiger partial charge in [0.1, 0.15) is 17.9 Å². The van der Waals surface area contributed by atoms with Crippen molar-refractivity contribution in [3.8, 4) is 0 Å². The van der Waals surface area contributed by atoms with E-state index in [4.69, 9.17) is 0 Å². The molecule has 0 atom stereocenters. The number of halogens is 1. The zero-order valence-electron chi connectivity index (χ0n) is 15.8. The Labute approximate surface area is 165 Å². The number of hydrogen-bond acceptors (Lipinski definition) is 5. The lowest BCUT2D eigenvalue weighted by molar-refractivity contribution is -0.136. The molecule has 2 amide bonds. The molecule has 2 aromatic carbocycles. The van der Waals surface area contributed by atoms with Crippen molar-refractivity contribution in [2.75, 3.05) is 13.1 Å². The van der Waals surface area contributed by atoms with Crippen LogP contribution in [0, 0.1) is 5.82 Å². The molecule has 0 saturated carbocycles. The summed E-state index contributed by atoms with van der Waals surface area (Å²) in [6, 6.07) is 12.5. The van der Waals surface area contributed by atoms with E-state index < -0.39 is 11.5 Å². The quantitative estimate of drug-likeness (QED) is 0.644. The SMILES string of the molecule is CCN(CC(=O)NCc1ccc(F)cc1)C(=O)Cn1nnc2ccccc2c1=O. The predicted molar refractivity (Wildman–Crippen MR) is 104 cm³/mol. The van der Waals surface area contributed by atoms with E-state index in [1.807, 2.05) is 0 Å². The zero-order chi connectivity index (χ0) is 20.8. The van der Waals surface area contributed by atoms with Crippen LogP contribution >= 0.6 is 0 Å². The van der Waals surface area contributed by atoms with Gasteiger partial charge < -0.3 is 10.2 Å². The summed E-state index contributed by atoms with van der Waals surface area (Å²) in [6.45, 7) is 1.78. The molecular formula is C20H20FN5O3. The second kappa shape index (κ2) is 9.05. The summed E-state index contributed by atoms with van der Waals surface area (Å²) >= 11 is 0. The van der Waals surface area contributed by atoms with Gasteiger partial charge in [0.05, 0.1) is 11.9 Å². The molecule has 0 spiro atoms. The largest absolute Gasteiger partial charge is 0.350 e. The van der Waals surface area contributed by atoms with Crippen LogP contribution in [-0.2, 0) is 22.7 Å². The maximum Gasteiger partial charge on any atom is 0.278 e. The zero-order valence-corrected chi connectivity index (χ0v) is 15.8. The van der Waals surface area contributed by atoms with Gasteiger partial charge >= 0.3 is 0 Å². The van der Waals surface area contributed by atoms with Crippen LogP contribution in [0.25, 0.3) is 10.9 Å². The van der Waals surface area contributed by atoms with Crippen LogP contribution in [0.5, 0.6) is 0 Å². The van der Waals surface area contributed by atoms with Crippen molar-refractivity contribution in [1.82, 2.24) is 25.2 Å². The minimum absolute atomic E-state index is 0.160. The molecule has 0 aliphatic carbocycles. The van der Waals surface area contributed by atoms with Gasteiger partial charge in [0.2, 0.25) is 11.8 Å². The molecule has 0 unspecified atom stereocenters. The van der Waals surface area contributed by atoms with E-state index in [2.05, 4.69) is 15.6 Å². The molecule has 0 bridgehead atoms. The molecule has 9 heteroatoms. The van der Waals surface area contributed by atoms with Gasteiger partial charge in [-0.25, -0.2) is 9.07 Å². The van der Waals surface area contributed by atoms with Crippen molar-refractivity contribution in [2.45, 2.75) is 20.0 Å². The van der Waals surface area contributed by atoms with Crippen molar-refractivity contribution in [3.63, 3.8) is 0 Å². The Hall–Kier alpha value is -3.62. The van der Waals surface area contributed by atoms with Crippen molar-refractivity contribution in [2.24, 2.45) is 0 Å². The summed E-state index contributed by atoms with van der Waals surface area (Å²) < 4.78 is 13.9. The first-order valence-electron chi connectivity index (χ1n) is 9.09. The van der Waals surface area contributed by atoms with Crippen LogP contribution in [0.15, 0.2) is 53.3 Å². The first-order valence-corrected chi connectivity index (χ1v) is 9.09. The standard InChI is InChI=1S/C20H20FN5O3/c1-2-25(12-18(27)22-11-14-7-9-15(21)10-8-14)19(28)13-26-20(29)16-5-3-4-6-17(16)23-24-26/h3-10H,2,11-13H2,1H3,(H,22,27). The fourth-order valence-corrected chi connectivity index (χ4v) is 2.76. The fraction of sp³-hybridized carbons (Fsp3) is 0.250. The average molecular weight is 397 g/mol. The molecule has 1 aromatic heterocycles. The number of benzene rings is 2. The van der Waals surface area contributed by atoms with Gasteiger partial charge in [-0.05, 0) is 36.8 Å². The van der Waals surface area contributed by atoms with Crippen molar-refractivity contribution >= 4 is 22.7 Å². The summed E-state index contributed by atoms with van der Waals surface area (Å²) in [5, 5.41) is 10.8. The van der Waals surface area contributed by atoms with E-state index in [-0.39, 0.29) is 31.4 Å². The van der Waals surface area contributed by atoms with Gasteiger partial charge in [0.15, 0.2) is 0 Å². The Kier molecular flexibility index (Phi) is 6.28. The molecule has 0 saturated heterocycles. The van der Waals surface area contributed by atoms with Crippen LogP contribution in [0.3, 0.4) is 0 Å². The highest BCUT2D eigenvalue weighted by atomic mass is 19.1. The molecule has 1 N–H and O–H groups in total. The third kappa shape index (κ3) is 5.01.